The van der Waals surface area contributed by atoms with Gasteiger partial charge in [-0.2, -0.15) is 13.9 Å². The molecule has 1 aliphatic heterocycles. The minimum absolute atomic E-state index is 0. The summed E-state index contributed by atoms with van der Waals surface area (Å²) in [7, 11) is 3.12. The summed E-state index contributed by atoms with van der Waals surface area (Å²) in [4.78, 5) is 16.5. The van der Waals surface area contributed by atoms with Crippen molar-refractivity contribution in [2.45, 2.75) is 51.9 Å². The first-order valence-electron chi connectivity index (χ1n) is 10.2. The molecule has 0 spiro atoms. The van der Waals surface area contributed by atoms with Gasteiger partial charge >= 0.3 is 12.3 Å². The average Bonchev–Trinajstić information content (AvgIpc) is 3.09. The second-order valence-electron chi connectivity index (χ2n) is 7.09. The number of hydrogen-bond acceptors (Lipinski definition) is 5. The van der Waals surface area contributed by atoms with Crippen molar-refractivity contribution in [3.05, 3.63) is 40.1 Å². The summed E-state index contributed by atoms with van der Waals surface area (Å²) in [6.45, 7) is -0.893. The maximum absolute atomic E-state index is 12.7. The third-order valence-electron chi connectivity index (χ3n) is 5.02. The molecule has 0 saturated heterocycles. The van der Waals surface area contributed by atoms with Crippen LogP contribution in [0.15, 0.2) is 28.0 Å². The number of hydrogen-bond donors (Lipinski definition) is 2. The summed E-state index contributed by atoms with van der Waals surface area (Å²) < 4.78 is 38.3. The Hall–Kier alpha value is -2.38. The minimum atomic E-state index is -2.92. The highest BCUT2D eigenvalue weighted by molar-refractivity contribution is 14.0. The van der Waals surface area contributed by atoms with E-state index in [0.717, 1.165) is 31.6 Å². The molecule has 0 saturated carbocycles. The van der Waals surface area contributed by atoms with Crippen molar-refractivity contribution in [2.24, 2.45) is 4.99 Å². The quantitative estimate of drug-likeness (QED) is 0.210. The number of aliphatic imine (C=N–C) groups is 1. The summed E-state index contributed by atoms with van der Waals surface area (Å²) in [6, 6.07) is 4.63. The van der Waals surface area contributed by atoms with Gasteiger partial charge in [0.05, 0.1) is 7.11 Å². The third-order valence-corrected chi connectivity index (χ3v) is 5.02. The van der Waals surface area contributed by atoms with Crippen LogP contribution in [0.1, 0.15) is 30.7 Å². The summed E-state index contributed by atoms with van der Waals surface area (Å²) in [6.07, 6.45) is 3.60. The van der Waals surface area contributed by atoms with Gasteiger partial charge in [-0.25, -0.2) is 9.48 Å². The first-order valence-corrected chi connectivity index (χ1v) is 10.2. The molecule has 0 bridgehead atoms. The fourth-order valence-electron chi connectivity index (χ4n) is 3.46. The predicted molar refractivity (Wildman–Crippen MR) is 127 cm³/mol. The van der Waals surface area contributed by atoms with E-state index in [-0.39, 0.29) is 42.0 Å². The molecule has 1 aromatic heterocycles. The number of nitrogens with one attached hydrogen (secondary N) is 2. The van der Waals surface area contributed by atoms with Crippen LogP contribution in [0.25, 0.3) is 0 Å². The molecule has 0 unspecified atom stereocenters. The van der Waals surface area contributed by atoms with Crippen LogP contribution in [0, 0.1) is 0 Å². The summed E-state index contributed by atoms with van der Waals surface area (Å²) in [5.41, 5.74) is 0.458. The Morgan fingerprint density at radius 3 is 2.81 bits per heavy atom. The van der Waals surface area contributed by atoms with Gasteiger partial charge < -0.3 is 20.1 Å². The molecule has 1 aromatic carbocycles. The van der Waals surface area contributed by atoms with Gasteiger partial charge in [0.15, 0.2) is 5.96 Å². The first kappa shape index (κ1) is 25.9. The van der Waals surface area contributed by atoms with Crippen molar-refractivity contribution < 1.29 is 18.3 Å². The van der Waals surface area contributed by atoms with Crippen molar-refractivity contribution in [1.82, 2.24) is 25.0 Å². The topological polar surface area (TPSA) is 94.7 Å². The Kier molecular flexibility index (Phi) is 10.2. The largest absolute Gasteiger partial charge is 0.497 e. The van der Waals surface area contributed by atoms with Gasteiger partial charge in [0.25, 0.3) is 0 Å². The van der Waals surface area contributed by atoms with E-state index in [1.165, 1.54) is 17.9 Å². The van der Waals surface area contributed by atoms with E-state index >= 15 is 0 Å². The molecule has 1 aliphatic rings. The monoisotopic (exact) mass is 566 g/mol. The molecule has 2 aromatic rings. The number of aromatic nitrogens is 3. The zero-order chi connectivity index (χ0) is 22.2. The molecule has 0 aliphatic carbocycles. The van der Waals surface area contributed by atoms with Gasteiger partial charge in [0.2, 0.25) is 0 Å². The Bertz CT molecular complexity index is 963. The first-order chi connectivity index (χ1) is 15.0. The highest BCUT2D eigenvalue weighted by Gasteiger charge is 2.16. The van der Waals surface area contributed by atoms with Crippen LogP contribution in [0.3, 0.4) is 0 Å². The molecule has 178 valence electrons. The van der Waals surface area contributed by atoms with Crippen LogP contribution in [0.4, 0.5) is 8.78 Å². The molecule has 0 radical (unpaired) electrons. The van der Waals surface area contributed by atoms with Crippen molar-refractivity contribution in [3.63, 3.8) is 0 Å². The third kappa shape index (κ3) is 6.81. The zero-order valence-corrected chi connectivity index (χ0v) is 20.5. The number of methoxy groups -OCH3 is 1. The van der Waals surface area contributed by atoms with Crippen LogP contribution in [-0.4, -0.2) is 47.6 Å². The number of halogens is 3. The van der Waals surface area contributed by atoms with Crippen LogP contribution in [0.5, 0.6) is 11.5 Å². The Labute approximate surface area is 202 Å². The lowest BCUT2D eigenvalue weighted by atomic mass is 10.2. The number of aryl methyl sites for hydroxylation is 2. The SMILES string of the molecule is CN=C(NCCCn1nc2n(c1=O)CCCC2)NCc1cc(OC)ccc1OC(F)F.I. The van der Waals surface area contributed by atoms with Crippen LogP contribution in [0.2, 0.25) is 0 Å². The van der Waals surface area contributed by atoms with Crippen molar-refractivity contribution in [1.29, 1.82) is 0 Å². The number of guanidine groups is 1. The summed E-state index contributed by atoms with van der Waals surface area (Å²) >= 11 is 0. The Morgan fingerprint density at radius 1 is 1.31 bits per heavy atom. The molecule has 2 N–H and O–H groups in total. The standard InChI is InChI=1S/C20H28F2N6O3.HI/c1-23-19(25-13-14-12-15(30-2)7-8-16(14)31-18(21)22)24-9-5-11-28-20(29)27-10-4-3-6-17(27)26-28;/h7-8,12,18H,3-6,9-11,13H2,1-2H3,(H2,23,24,25);1H. The molecule has 12 heteroatoms. The molecule has 0 fully saturated rings. The minimum Gasteiger partial charge on any atom is -0.497 e. The molecule has 3 rings (SSSR count). The van der Waals surface area contributed by atoms with Crippen LogP contribution >= 0.6 is 24.0 Å². The maximum atomic E-state index is 12.7. The second kappa shape index (κ2) is 12.6. The highest BCUT2D eigenvalue weighted by atomic mass is 127. The molecule has 0 amide bonds. The molecule has 0 atom stereocenters. The normalized spacial score (nSPS) is 13.3. The fourth-order valence-corrected chi connectivity index (χ4v) is 3.46. The van der Waals surface area contributed by atoms with Crippen molar-refractivity contribution in [3.8, 4) is 11.5 Å². The Balaban J connectivity index is 0.00000363. The van der Waals surface area contributed by atoms with Gasteiger partial charge in [-0.3, -0.25) is 9.56 Å². The van der Waals surface area contributed by atoms with Gasteiger partial charge in [-0.1, -0.05) is 0 Å². The van der Waals surface area contributed by atoms with Crippen LogP contribution in [-0.2, 0) is 26.1 Å². The lowest BCUT2D eigenvalue weighted by Gasteiger charge is -2.15. The number of benzene rings is 1. The van der Waals surface area contributed by atoms with Crippen molar-refractivity contribution in [2.75, 3.05) is 20.7 Å². The highest BCUT2D eigenvalue weighted by Crippen LogP contribution is 2.25. The molecule has 32 heavy (non-hydrogen) atoms. The second-order valence-corrected chi connectivity index (χ2v) is 7.09. The Morgan fingerprint density at radius 2 is 2.12 bits per heavy atom. The predicted octanol–water partition coefficient (Wildman–Crippen LogP) is 2.36. The molecule has 9 nitrogen and oxygen atoms in total. The fraction of sp³-hybridized carbons (Fsp3) is 0.550. The van der Waals surface area contributed by atoms with Gasteiger partial charge in [-0.15, -0.1) is 24.0 Å². The average molecular weight is 566 g/mol. The van der Waals surface area contributed by atoms with Gasteiger partial charge in [0, 0.05) is 45.2 Å². The van der Waals surface area contributed by atoms with E-state index in [9.17, 15) is 13.6 Å². The van der Waals surface area contributed by atoms with E-state index in [1.54, 1.807) is 23.7 Å². The maximum Gasteiger partial charge on any atom is 0.387 e. The number of alkyl halides is 2. The molecular weight excluding hydrogens is 537 g/mol. The molecular formula is C20H29F2IN6O3. The lowest BCUT2D eigenvalue weighted by Crippen LogP contribution is -2.38. The summed E-state index contributed by atoms with van der Waals surface area (Å²) in [5, 5.41) is 10.6. The molecule has 2 heterocycles. The van der Waals surface area contributed by atoms with E-state index in [4.69, 9.17) is 4.74 Å². The van der Waals surface area contributed by atoms with Crippen LogP contribution < -0.4 is 25.8 Å². The number of nitrogens with zero attached hydrogens (tertiary/aromatic N) is 4. The van der Waals surface area contributed by atoms with E-state index < -0.39 is 6.61 Å². The smallest absolute Gasteiger partial charge is 0.387 e. The number of rotatable bonds is 9. The number of fused-ring (bicyclic) bond motifs is 1. The lowest BCUT2D eigenvalue weighted by molar-refractivity contribution is -0.0504. The van der Waals surface area contributed by atoms with Gasteiger partial charge in [-0.05, 0) is 37.5 Å². The van der Waals surface area contributed by atoms with E-state index in [2.05, 4.69) is 25.5 Å². The zero-order valence-electron chi connectivity index (χ0n) is 18.1. The summed E-state index contributed by atoms with van der Waals surface area (Å²) in [5.74, 6) is 1.97. The van der Waals surface area contributed by atoms with E-state index in [0.29, 0.717) is 36.8 Å². The van der Waals surface area contributed by atoms with Gasteiger partial charge in [0.1, 0.15) is 17.3 Å². The van der Waals surface area contributed by atoms with E-state index in [1.807, 2.05) is 0 Å². The van der Waals surface area contributed by atoms with Crippen molar-refractivity contribution >= 4 is 29.9 Å². The number of ether oxygens (including phenoxy) is 2.